The first-order chi connectivity index (χ1) is 6.43. The Morgan fingerprint density at radius 3 is 2.07 bits per heavy atom. The van der Waals surface area contributed by atoms with Crippen molar-refractivity contribution in [2.75, 3.05) is 0 Å². The fraction of sp³-hybridized carbons (Fsp3) is 0. The van der Waals surface area contributed by atoms with Crippen molar-refractivity contribution in [2.45, 2.75) is 0 Å². The molecule has 1 aromatic rings. The molecule has 0 heterocycles. The summed E-state index contributed by atoms with van der Waals surface area (Å²) in [5.74, 6) is -2.74. The van der Waals surface area contributed by atoms with Crippen molar-refractivity contribution in [3.8, 4) is 0 Å². The third-order valence-electron chi connectivity index (χ3n) is 1.47. The van der Waals surface area contributed by atoms with Crippen LogP contribution in [0, 0.1) is 11.6 Å². The number of benzene rings is 1. The van der Waals surface area contributed by atoms with E-state index in [2.05, 4.69) is 0 Å². The van der Waals surface area contributed by atoms with Crippen LogP contribution < -0.4 is 0 Å². The van der Waals surface area contributed by atoms with Gasteiger partial charge in [-0.15, -0.1) is 0 Å². The van der Waals surface area contributed by atoms with E-state index in [0.717, 1.165) is 6.07 Å². The lowest BCUT2D eigenvalue weighted by atomic mass is 10.1. The average molecular weight is 239 g/mol. The number of carbonyl (C=O) groups is 2. The highest BCUT2D eigenvalue weighted by Crippen LogP contribution is 2.18. The zero-order valence-corrected chi connectivity index (χ0v) is 7.99. The van der Waals surface area contributed by atoms with Crippen LogP contribution in [0.2, 0.25) is 0 Å². The molecule has 0 aromatic heterocycles. The molecule has 0 N–H and O–H groups in total. The fourth-order valence-corrected chi connectivity index (χ4v) is 1.09. The molecule has 6 heteroatoms. The number of halogens is 4. The van der Waals surface area contributed by atoms with Crippen molar-refractivity contribution < 1.29 is 18.4 Å². The summed E-state index contributed by atoms with van der Waals surface area (Å²) in [6, 6.07) is 1.39. The Morgan fingerprint density at radius 2 is 1.64 bits per heavy atom. The van der Waals surface area contributed by atoms with Gasteiger partial charge in [-0.05, 0) is 35.3 Å². The number of carbonyl (C=O) groups excluding carboxylic acids is 2. The predicted octanol–water partition coefficient (Wildman–Crippen LogP) is 2.72. The number of rotatable bonds is 2. The molecule has 1 aromatic carbocycles. The van der Waals surface area contributed by atoms with Crippen LogP contribution in [0.4, 0.5) is 8.78 Å². The Labute approximate surface area is 87.4 Å². The van der Waals surface area contributed by atoms with E-state index in [1.807, 2.05) is 0 Å². The SMILES string of the molecule is O=C(Cl)c1cc(F)c(F)c(C(=O)Cl)c1. The second-order valence-corrected chi connectivity index (χ2v) is 3.05. The molecule has 0 radical (unpaired) electrons. The van der Waals surface area contributed by atoms with Crippen molar-refractivity contribution in [3.63, 3.8) is 0 Å². The number of hydrogen-bond donors (Lipinski definition) is 0. The Hall–Kier alpha value is -1.000. The summed E-state index contributed by atoms with van der Waals surface area (Å²) in [5.41, 5.74) is -1.04. The van der Waals surface area contributed by atoms with Crippen molar-refractivity contribution in [2.24, 2.45) is 0 Å². The van der Waals surface area contributed by atoms with Gasteiger partial charge in [-0.3, -0.25) is 9.59 Å². The molecule has 0 fully saturated rings. The molecule has 0 bridgehead atoms. The van der Waals surface area contributed by atoms with Gasteiger partial charge in [0.1, 0.15) is 0 Å². The van der Waals surface area contributed by atoms with E-state index >= 15 is 0 Å². The van der Waals surface area contributed by atoms with Crippen LogP contribution in [0.1, 0.15) is 20.7 Å². The van der Waals surface area contributed by atoms with Gasteiger partial charge in [0.05, 0.1) is 5.56 Å². The van der Waals surface area contributed by atoms with Gasteiger partial charge in [0.25, 0.3) is 10.5 Å². The lowest BCUT2D eigenvalue weighted by Crippen LogP contribution is -2.02. The summed E-state index contributed by atoms with van der Waals surface area (Å²) in [6.45, 7) is 0. The molecule has 2 nitrogen and oxygen atoms in total. The lowest BCUT2D eigenvalue weighted by Gasteiger charge is -2.00. The Bertz CT molecular complexity index is 418. The van der Waals surface area contributed by atoms with E-state index in [0.29, 0.717) is 6.07 Å². The van der Waals surface area contributed by atoms with Crippen LogP contribution >= 0.6 is 23.2 Å². The van der Waals surface area contributed by atoms with E-state index in [4.69, 9.17) is 23.2 Å². The highest BCUT2D eigenvalue weighted by atomic mass is 35.5. The van der Waals surface area contributed by atoms with Gasteiger partial charge in [0.15, 0.2) is 11.6 Å². The molecule has 74 valence electrons. The van der Waals surface area contributed by atoms with E-state index < -0.39 is 27.7 Å². The zero-order chi connectivity index (χ0) is 10.9. The maximum atomic E-state index is 12.9. The minimum atomic E-state index is -1.40. The van der Waals surface area contributed by atoms with Crippen molar-refractivity contribution in [3.05, 3.63) is 34.9 Å². The maximum Gasteiger partial charge on any atom is 0.255 e. The van der Waals surface area contributed by atoms with E-state index in [1.165, 1.54) is 0 Å². The van der Waals surface area contributed by atoms with Crippen molar-refractivity contribution in [1.82, 2.24) is 0 Å². The molecule has 0 atom stereocenters. The standard InChI is InChI=1S/C8H2Cl2F2O2/c9-7(13)3-1-4(8(10)14)6(12)5(11)2-3/h1-2H. The highest BCUT2D eigenvalue weighted by molar-refractivity contribution is 6.69. The first-order valence-electron chi connectivity index (χ1n) is 3.32. The predicted molar refractivity (Wildman–Crippen MR) is 46.7 cm³/mol. The smallest absolute Gasteiger partial charge is 0.255 e. The Balaban J connectivity index is 3.43. The summed E-state index contributed by atoms with van der Waals surface area (Å²) in [4.78, 5) is 21.2. The van der Waals surface area contributed by atoms with Gasteiger partial charge in [0, 0.05) is 5.56 Å². The maximum absolute atomic E-state index is 12.9. The van der Waals surface area contributed by atoms with Crippen LogP contribution in [0.3, 0.4) is 0 Å². The van der Waals surface area contributed by atoms with E-state index in [1.54, 1.807) is 0 Å². The molecule has 0 aliphatic carbocycles. The van der Waals surface area contributed by atoms with E-state index in [9.17, 15) is 18.4 Å². The van der Waals surface area contributed by atoms with Gasteiger partial charge in [0.2, 0.25) is 0 Å². The lowest BCUT2D eigenvalue weighted by molar-refractivity contribution is 0.107. The van der Waals surface area contributed by atoms with Gasteiger partial charge >= 0.3 is 0 Å². The average Bonchev–Trinajstić information content (AvgIpc) is 2.08. The van der Waals surface area contributed by atoms with E-state index in [-0.39, 0.29) is 5.56 Å². The number of hydrogen-bond acceptors (Lipinski definition) is 2. The van der Waals surface area contributed by atoms with Crippen LogP contribution in [0.5, 0.6) is 0 Å². The van der Waals surface area contributed by atoms with Gasteiger partial charge in [-0.1, -0.05) is 0 Å². The summed E-state index contributed by atoms with van der Waals surface area (Å²) >= 11 is 9.98. The summed E-state index contributed by atoms with van der Waals surface area (Å²) < 4.78 is 25.6. The van der Waals surface area contributed by atoms with Gasteiger partial charge < -0.3 is 0 Å². The Morgan fingerprint density at radius 1 is 1.07 bits per heavy atom. The first kappa shape index (κ1) is 11.1. The molecule has 1 rings (SSSR count). The molecular weight excluding hydrogens is 237 g/mol. The third-order valence-corrected chi connectivity index (χ3v) is 1.89. The fourth-order valence-electron chi connectivity index (χ4n) is 0.846. The van der Waals surface area contributed by atoms with Crippen molar-refractivity contribution in [1.29, 1.82) is 0 Å². The monoisotopic (exact) mass is 238 g/mol. The van der Waals surface area contributed by atoms with Crippen LogP contribution in [-0.4, -0.2) is 10.5 Å². The van der Waals surface area contributed by atoms with Crippen LogP contribution in [-0.2, 0) is 0 Å². The summed E-state index contributed by atoms with van der Waals surface area (Å²) in [5, 5.41) is -2.19. The quantitative estimate of drug-likeness (QED) is 0.743. The third kappa shape index (κ3) is 2.08. The molecule has 0 spiro atoms. The highest BCUT2D eigenvalue weighted by Gasteiger charge is 2.17. The first-order valence-corrected chi connectivity index (χ1v) is 4.07. The van der Waals surface area contributed by atoms with Crippen molar-refractivity contribution >= 4 is 33.7 Å². The summed E-state index contributed by atoms with van der Waals surface area (Å²) in [7, 11) is 0. The molecule has 0 aliphatic rings. The molecule has 0 amide bonds. The summed E-state index contributed by atoms with van der Waals surface area (Å²) in [6.07, 6.45) is 0. The largest absolute Gasteiger partial charge is 0.276 e. The molecule has 0 aliphatic heterocycles. The molecule has 0 unspecified atom stereocenters. The Kier molecular flexibility index (Phi) is 3.18. The molecular formula is C8H2Cl2F2O2. The normalized spacial score (nSPS) is 10.0. The molecule has 0 saturated carbocycles. The second-order valence-electron chi connectivity index (χ2n) is 2.37. The van der Waals surface area contributed by atoms with Gasteiger partial charge in [-0.2, -0.15) is 0 Å². The zero-order valence-electron chi connectivity index (χ0n) is 6.48. The topological polar surface area (TPSA) is 34.1 Å². The minimum Gasteiger partial charge on any atom is -0.276 e. The van der Waals surface area contributed by atoms with Crippen LogP contribution in [0.15, 0.2) is 12.1 Å². The minimum absolute atomic E-state index is 0.324. The van der Waals surface area contributed by atoms with Gasteiger partial charge in [-0.25, -0.2) is 8.78 Å². The molecule has 14 heavy (non-hydrogen) atoms. The molecule has 0 saturated heterocycles. The second kappa shape index (κ2) is 4.02. The van der Waals surface area contributed by atoms with Crippen LogP contribution in [0.25, 0.3) is 0 Å².